The van der Waals surface area contributed by atoms with E-state index in [4.69, 9.17) is 9.47 Å². The van der Waals surface area contributed by atoms with Gasteiger partial charge >= 0.3 is 0 Å². The van der Waals surface area contributed by atoms with Crippen LogP contribution in [0.5, 0.6) is 11.5 Å². The lowest BCUT2D eigenvalue weighted by Gasteiger charge is -2.29. The van der Waals surface area contributed by atoms with Gasteiger partial charge in [0.25, 0.3) is 5.91 Å². The molecule has 2 aromatic carbocycles. The van der Waals surface area contributed by atoms with E-state index in [1.165, 1.54) is 0 Å². The van der Waals surface area contributed by atoms with Crippen LogP contribution in [0, 0.1) is 0 Å². The zero-order chi connectivity index (χ0) is 21.9. The van der Waals surface area contributed by atoms with Crippen molar-refractivity contribution in [1.82, 2.24) is 10.2 Å². The molecule has 0 aliphatic carbocycles. The fourth-order valence-electron chi connectivity index (χ4n) is 3.00. The van der Waals surface area contributed by atoms with Crippen molar-refractivity contribution in [2.45, 2.75) is 45.7 Å². The molecule has 0 aromatic heterocycles. The van der Waals surface area contributed by atoms with Crippen LogP contribution in [0.25, 0.3) is 0 Å². The Balaban J connectivity index is 2.09. The molecule has 0 heterocycles. The predicted molar refractivity (Wildman–Crippen MR) is 118 cm³/mol. The normalized spacial score (nSPS) is 12.5. The minimum atomic E-state index is -0.600. The standard InChI is InChI=1S/C24H32N2O4/c1-5-18(2)25-24(28)19(3)26(16-15-20-11-7-6-8-12-20)23(27)17-30-22-14-10-9-13-21(22)29-4/h6-14,18-19H,5,15-17H2,1-4H3,(H,25,28). The number of methoxy groups -OCH3 is 1. The SMILES string of the molecule is CCC(C)NC(=O)C(C)N(CCc1ccccc1)C(=O)COc1ccccc1OC. The molecule has 0 saturated heterocycles. The highest BCUT2D eigenvalue weighted by atomic mass is 16.5. The molecule has 0 bridgehead atoms. The van der Waals surface area contributed by atoms with E-state index in [1.807, 2.05) is 56.3 Å². The molecule has 6 heteroatoms. The van der Waals surface area contributed by atoms with Crippen molar-refractivity contribution in [2.24, 2.45) is 0 Å². The van der Waals surface area contributed by atoms with Gasteiger partial charge in [0.2, 0.25) is 5.91 Å². The fraction of sp³-hybridized carbons (Fsp3) is 0.417. The van der Waals surface area contributed by atoms with E-state index < -0.39 is 6.04 Å². The van der Waals surface area contributed by atoms with E-state index in [1.54, 1.807) is 31.1 Å². The first-order valence-electron chi connectivity index (χ1n) is 10.4. The van der Waals surface area contributed by atoms with Crippen LogP contribution in [0.1, 0.15) is 32.8 Å². The number of hydrogen-bond acceptors (Lipinski definition) is 4. The van der Waals surface area contributed by atoms with E-state index in [0.29, 0.717) is 24.5 Å². The van der Waals surface area contributed by atoms with Gasteiger partial charge in [0.15, 0.2) is 18.1 Å². The topological polar surface area (TPSA) is 67.9 Å². The second kappa shape index (κ2) is 11.9. The fourth-order valence-corrected chi connectivity index (χ4v) is 3.00. The van der Waals surface area contributed by atoms with Gasteiger partial charge in [-0.25, -0.2) is 0 Å². The zero-order valence-corrected chi connectivity index (χ0v) is 18.3. The molecule has 0 aliphatic rings. The second-order valence-corrected chi connectivity index (χ2v) is 7.26. The molecule has 2 unspecified atom stereocenters. The van der Waals surface area contributed by atoms with Gasteiger partial charge in [-0.15, -0.1) is 0 Å². The highest BCUT2D eigenvalue weighted by Crippen LogP contribution is 2.25. The number of nitrogens with zero attached hydrogens (tertiary/aromatic N) is 1. The van der Waals surface area contributed by atoms with Gasteiger partial charge in [-0.05, 0) is 44.4 Å². The summed E-state index contributed by atoms with van der Waals surface area (Å²) in [4.78, 5) is 27.3. The van der Waals surface area contributed by atoms with Crippen molar-refractivity contribution in [3.8, 4) is 11.5 Å². The number of amides is 2. The molecule has 0 radical (unpaired) electrons. The second-order valence-electron chi connectivity index (χ2n) is 7.26. The average Bonchev–Trinajstić information content (AvgIpc) is 2.78. The lowest BCUT2D eigenvalue weighted by atomic mass is 10.1. The van der Waals surface area contributed by atoms with Gasteiger partial charge in [0.1, 0.15) is 6.04 Å². The Bertz CT molecular complexity index is 810. The maximum atomic E-state index is 13.0. The Morgan fingerprint density at radius 1 is 1.00 bits per heavy atom. The monoisotopic (exact) mass is 412 g/mol. The molecule has 2 rings (SSSR count). The molecule has 162 valence electrons. The van der Waals surface area contributed by atoms with E-state index in [0.717, 1.165) is 12.0 Å². The summed E-state index contributed by atoms with van der Waals surface area (Å²) < 4.78 is 11.0. The van der Waals surface area contributed by atoms with Crippen LogP contribution in [-0.2, 0) is 16.0 Å². The summed E-state index contributed by atoms with van der Waals surface area (Å²) in [6, 6.07) is 16.5. The summed E-state index contributed by atoms with van der Waals surface area (Å²) in [7, 11) is 1.55. The Labute approximate surface area is 179 Å². The lowest BCUT2D eigenvalue weighted by Crippen LogP contribution is -2.51. The number of ether oxygens (including phenoxy) is 2. The van der Waals surface area contributed by atoms with Gasteiger partial charge in [-0.1, -0.05) is 49.4 Å². The van der Waals surface area contributed by atoms with Crippen LogP contribution in [-0.4, -0.2) is 49.1 Å². The maximum absolute atomic E-state index is 13.0. The first-order valence-corrected chi connectivity index (χ1v) is 10.4. The molecule has 1 N–H and O–H groups in total. The summed E-state index contributed by atoms with van der Waals surface area (Å²) in [6.45, 7) is 5.97. The van der Waals surface area contributed by atoms with Gasteiger partial charge in [-0.3, -0.25) is 9.59 Å². The molecule has 0 saturated carbocycles. The Hall–Kier alpha value is -3.02. The Kier molecular flexibility index (Phi) is 9.19. The van der Waals surface area contributed by atoms with Gasteiger partial charge in [-0.2, -0.15) is 0 Å². The van der Waals surface area contributed by atoms with Crippen LogP contribution >= 0.6 is 0 Å². The van der Waals surface area contributed by atoms with Crippen molar-refractivity contribution < 1.29 is 19.1 Å². The van der Waals surface area contributed by atoms with Crippen molar-refractivity contribution in [1.29, 1.82) is 0 Å². The molecular weight excluding hydrogens is 380 g/mol. The van der Waals surface area contributed by atoms with Crippen LogP contribution in [0.3, 0.4) is 0 Å². The zero-order valence-electron chi connectivity index (χ0n) is 18.3. The Morgan fingerprint density at radius 2 is 1.63 bits per heavy atom. The summed E-state index contributed by atoms with van der Waals surface area (Å²) in [5.41, 5.74) is 1.11. The summed E-state index contributed by atoms with van der Waals surface area (Å²) in [5.74, 6) is 0.642. The first-order chi connectivity index (χ1) is 14.5. The summed E-state index contributed by atoms with van der Waals surface area (Å²) in [6.07, 6.45) is 1.48. The predicted octanol–water partition coefficient (Wildman–Crippen LogP) is 3.45. The quantitative estimate of drug-likeness (QED) is 0.614. The molecular formula is C24H32N2O4. The maximum Gasteiger partial charge on any atom is 0.261 e. The number of carbonyl (C=O) groups is 2. The number of benzene rings is 2. The number of carbonyl (C=O) groups excluding carboxylic acids is 2. The van der Waals surface area contributed by atoms with E-state index >= 15 is 0 Å². The van der Waals surface area contributed by atoms with Crippen LogP contribution in [0.15, 0.2) is 54.6 Å². The van der Waals surface area contributed by atoms with Crippen molar-refractivity contribution in [2.75, 3.05) is 20.3 Å². The van der Waals surface area contributed by atoms with Crippen LogP contribution in [0.4, 0.5) is 0 Å². The third-order valence-electron chi connectivity index (χ3n) is 5.07. The number of para-hydroxylation sites is 2. The van der Waals surface area contributed by atoms with Crippen molar-refractivity contribution >= 4 is 11.8 Å². The highest BCUT2D eigenvalue weighted by Gasteiger charge is 2.27. The molecule has 2 atom stereocenters. The highest BCUT2D eigenvalue weighted by molar-refractivity contribution is 5.88. The lowest BCUT2D eigenvalue weighted by molar-refractivity contribution is -0.141. The number of nitrogens with one attached hydrogen (secondary N) is 1. The minimum Gasteiger partial charge on any atom is -0.493 e. The molecule has 30 heavy (non-hydrogen) atoms. The number of hydrogen-bond donors (Lipinski definition) is 1. The molecule has 2 amide bonds. The Morgan fingerprint density at radius 3 is 2.27 bits per heavy atom. The van der Waals surface area contributed by atoms with Crippen LogP contribution < -0.4 is 14.8 Å². The average molecular weight is 413 g/mol. The molecule has 0 spiro atoms. The van der Waals surface area contributed by atoms with Gasteiger partial charge in [0.05, 0.1) is 7.11 Å². The van der Waals surface area contributed by atoms with Gasteiger partial charge in [0, 0.05) is 12.6 Å². The smallest absolute Gasteiger partial charge is 0.261 e. The third-order valence-corrected chi connectivity index (χ3v) is 5.07. The van der Waals surface area contributed by atoms with E-state index in [-0.39, 0.29) is 24.5 Å². The molecule has 6 nitrogen and oxygen atoms in total. The van der Waals surface area contributed by atoms with E-state index in [9.17, 15) is 9.59 Å². The van der Waals surface area contributed by atoms with Crippen LogP contribution in [0.2, 0.25) is 0 Å². The van der Waals surface area contributed by atoms with Crippen molar-refractivity contribution in [3.63, 3.8) is 0 Å². The largest absolute Gasteiger partial charge is 0.493 e. The summed E-state index contributed by atoms with van der Waals surface area (Å²) >= 11 is 0. The summed E-state index contributed by atoms with van der Waals surface area (Å²) in [5, 5.41) is 2.96. The molecule has 2 aromatic rings. The first kappa shape index (κ1) is 23.3. The molecule has 0 fully saturated rings. The minimum absolute atomic E-state index is 0.0517. The molecule has 0 aliphatic heterocycles. The number of rotatable bonds is 11. The third kappa shape index (κ3) is 6.79. The van der Waals surface area contributed by atoms with E-state index in [2.05, 4.69) is 5.32 Å². The van der Waals surface area contributed by atoms with Crippen molar-refractivity contribution in [3.05, 3.63) is 60.2 Å². The van der Waals surface area contributed by atoms with Gasteiger partial charge < -0.3 is 19.7 Å².